The van der Waals surface area contributed by atoms with Crippen LogP contribution in [0.5, 0.6) is 5.75 Å². The van der Waals surface area contributed by atoms with Crippen molar-refractivity contribution >= 4 is 23.2 Å². The molecular weight excluding hydrogens is 364 g/mol. The van der Waals surface area contributed by atoms with Crippen molar-refractivity contribution in [3.8, 4) is 11.8 Å². The van der Waals surface area contributed by atoms with Gasteiger partial charge in [-0.1, -0.05) is 11.6 Å². The zero-order chi connectivity index (χ0) is 19.6. The van der Waals surface area contributed by atoms with E-state index in [2.05, 4.69) is 16.3 Å². The van der Waals surface area contributed by atoms with Gasteiger partial charge in [0, 0.05) is 37.7 Å². The fourth-order valence-corrected chi connectivity index (χ4v) is 3.98. The molecule has 7 heteroatoms. The van der Waals surface area contributed by atoms with Crippen LogP contribution in [0.4, 0.5) is 5.69 Å². The molecule has 1 aromatic carbocycles. The molecule has 0 saturated carbocycles. The first kappa shape index (κ1) is 19.8. The molecule has 146 valence electrons. The first-order valence-electron chi connectivity index (χ1n) is 9.51. The highest BCUT2D eigenvalue weighted by Crippen LogP contribution is 2.42. The molecule has 0 aliphatic carbocycles. The van der Waals surface area contributed by atoms with E-state index < -0.39 is 0 Å². The van der Waals surface area contributed by atoms with E-state index in [9.17, 15) is 4.79 Å². The maximum Gasteiger partial charge on any atom is 0.255 e. The number of hydrogen-bond acceptors (Lipinski definition) is 5. The Balaban J connectivity index is 1.73. The van der Waals surface area contributed by atoms with Crippen molar-refractivity contribution in [1.29, 1.82) is 5.26 Å². The highest BCUT2D eigenvalue weighted by Gasteiger charge is 2.33. The molecule has 2 aliphatic rings. The van der Waals surface area contributed by atoms with Crippen LogP contribution >= 0.6 is 11.6 Å². The summed E-state index contributed by atoms with van der Waals surface area (Å²) in [5.41, 5.74) is 7.59. The first-order valence-corrected chi connectivity index (χ1v) is 9.88. The van der Waals surface area contributed by atoms with E-state index in [1.807, 2.05) is 13.8 Å². The van der Waals surface area contributed by atoms with Gasteiger partial charge in [0.05, 0.1) is 22.3 Å². The number of fused-ring (bicyclic) bond motifs is 1. The van der Waals surface area contributed by atoms with Crippen LogP contribution in [0, 0.1) is 11.3 Å². The number of nitrogens with two attached hydrogens (primary N) is 1. The van der Waals surface area contributed by atoms with Gasteiger partial charge in [-0.05, 0) is 45.6 Å². The van der Waals surface area contributed by atoms with Crippen molar-refractivity contribution in [3.05, 3.63) is 22.2 Å². The number of ether oxygens (including phenoxy) is 1. The topological polar surface area (TPSA) is 91.4 Å². The Bertz CT molecular complexity index is 764. The maximum atomic E-state index is 13.0. The average Bonchev–Trinajstić information content (AvgIpc) is 2.63. The van der Waals surface area contributed by atoms with Crippen molar-refractivity contribution in [3.63, 3.8) is 0 Å². The molecule has 1 amide bonds. The number of likely N-dealkylation sites (tertiary alicyclic amines) is 1. The van der Waals surface area contributed by atoms with Crippen LogP contribution in [0.3, 0.4) is 0 Å². The van der Waals surface area contributed by atoms with Crippen molar-refractivity contribution in [2.75, 3.05) is 25.4 Å². The van der Waals surface area contributed by atoms with E-state index in [1.165, 1.54) is 0 Å². The molecule has 3 rings (SSSR count). The van der Waals surface area contributed by atoms with Gasteiger partial charge in [0.2, 0.25) is 0 Å². The number of hydrogen-bond donors (Lipinski definition) is 2. The van der Waals surface area contributed by atoms with Gasteiger partial charge in [0.25, 0.3) is 5.91 Å². The van der Waals surface area contributed by atoms with Gasteiger partial charge in [-0.2, -0.15) is 5.26 Å². The predicted molar refractivity (Wildman–Crippen MR) is 106 cm³/mol. The molecule has 0 radical (unpaired) electrons. The summed E-state index contributed by atoms with van der Waals surface area (Å²) in [6.45, 7) is 6.59. The molecule has 1 aromatic rings. The minimum absolute atomic E-state index is 0.111. The summed E-state index contributed by atoms with van der Waals surface area (Å²) in [7, 11) is 0. The summed E-state index contributed by atoms with van der Waals surface area (Å²) < 4.78 is 6.12. The van der Waals surface area contributed by atoms with Crippen LogP contribution in [0.1, 0.15) is 55.5 Å². The Labute approximate surface area is 165 Å². The third-order valence-electron chi connectivity index (χ3n) is 5.43. The van der Waals surface area contributed by atoms with Crippen molar-refractivity contribution < 1.29 is 9.53 Å². The zero-order valence-corrected chi connectivity index (χ0v) is 16.7. The third kappa shape index (κ3) is 4.48. The summed E-state index contributed by atoms with van der Waals surface area (Å²) in [6.07, 6.45) is 3.85. The molecule has 1 fully saturated rings. The second kappa shape index (κ2) is 7.95. The van der Waals surface area contributed by atoms with E-state index in [-0.39, 0.29) is 17.6 Å². The minimum atomic E-state index is -0.339. The Kier molecular flexibility index (Phi) is 5.83. The van der Waals surface area contributed by atoms with E-state index in [1.54, 1.807) is 6.07 Å². The summed E-state index contributed by atoms with van der Waals surface area (Å²) in [5.74, 6) is 0.401. The molecular formula is C20H27ClN4O2. The molecule has 6 nitrogen and oxygen atoms in total. The number of nitrogens with zero attached hydrogens (tertiary/aromatic N) is 2. The van der Waals surface area contributed by atoms with Gasteiger partial charge in [-0.15, -0.1) is 0 Å². The van der Waals surface area contributed by atoms with Crippen LogP contribution in [0.2, 0.25) is 5.02 Å². The number of nitriles is 1. The average molecular weight is 391 g/mol. The summed E-state index contributed by atoms with van der Waals surface area (Å²) in [4.78, 5) is 15.2. The Morgan fingerprint density at radius 1 is 1.48 bits per heavy atom. The monoisotopic (exact) mass is 390 g/mol. The fraction of sp³-hybridized carbons (Fsp3) is 0.600. The van der Waals surface area contributed by atoms with Crippen LogP contribution in [-0.4, -0.2) is 42.1 Å². The maximum absolute atomic E-state index is 13.0. The number of carbonyl (C=O) groups excluding carboxylic acids is 1. The van der Waals surface area contributed by atoms with Gasteiger partial charge in [-0.25, -0.2) is 0 Å². The van der Waals surface area contributed by atoms with Crippen LogP contribution in [-0.2, 0) is 6.42 Å². The molecule has 0 unspecified atom stereocenters. The van der Waals surface area contributed by atoms with Gasteiger partial charge in [-0.3, -0.25) is 4.79 Å². The first-order chi connectivity index (χ1) is 12.8. The van der Waals surface area contributed by atoms with E-state index in [0.717, 1.165) is 50.9 Å². The Hall–Kier alpha value is -1.97. The number of rotatable bonds is 4. The number of carbonyl (C=O) groups is 1. The Morgan fingerprint density at radius 3 is 2.85 bits per heavy atom. The number of amides is 1. The van der Waals surface area contributed by atoms with Gasteiger partial charge in [0.1, 0.15) is 11.4 Å². The quantitative estimate of drug-likeness (QED) is 0.770. The molecule has 2 heterocycles. The second-order valence-electron chi connectivity index (χ2n) is 7.99. The molecule has 0 spiro atoms. The van der Waals surface area contributed by atoms with Crippen molar-refractivity contribution in [2.45, 2.75) is 57.6 Å². The lowest BCUT2D eigenvalue weighted by Gasteiger charge is -2.35. The van der Waals surface area contributed by atoms with E-state index in [4.69, 9.17) is 27.3 Å². The van der Waals surface area contributed by atoms with Crippen LogP contribution in [0.25, 0.3) is 0 Å². The molecule has 3 N–H and O–H groups in total. The lowest BCUT2D eigenvalue weighted by Crippen LogP contribution is -2.45. The molecule has 0 atom stereocenters. The van der Waals surface area contributed by atoms with Crippen molar-refractivity contribution in [1.82, 2.24) is 10.2 Å². The number of nitrogen functional groups attached to an aromatic ring is 1. The standard InChI is InChI=1S/C20H27ClN4O2/c1-20(2)7-4-14-17(23)16(21)12-15(18(14)27-20)19(26)24-13-5-10-25(11-6-13)9-3-8-22/h12-13H,3-7,9-11,23H2,1-2H3,(H,24,26). The molecule has 1 saturated heterocycles. The molecule has 27 heavy (non-hydrogen) atoms. The molecule has 0 aromatic heterocycles. The van der Waals surface area contributed by atoms with E-state index >= 15 is 0 Å². The summed E-state index contributed by atoms with van der Waals surface area (Å²) in [6, 6.07) is 3.91. The smallest absolute Gasteiger partial charge is 0.255 e. The van der Waals surface area contributed by atoms with Gasteiger partial charge in [0.15, 0.2) is 0 Å². The minimum Gasteiger partial charge on any atom is -0.487 e. The lowest BCUT2D eigenvalue weighted by molar-refractivity contribution is 0.0784. The Morgan fingerprint density at radius 2 is 2.19 bits per heavy atom. The van der Waals surface area contributed by atoms with Crippen LogP contribution in [0.15, 0.2) is 6.07 Å². The zero-order valence-electron chi connectivity index (χ0n) is 16.0. The fourth-order valence-electron chi connectivity index (χ4n) is 3.76. The highest BCUT2D eigenvalue weighted by atomic mass is 35.5. The number of anilines is 1. The largest absolute Gasteiger partial charge is 0.487 e. The highest BCUT2D eigenvalue weighted by molar-refractivity contribution is 6.33. The number of piperidine rings is 1. The summed E-state index contributed by atoms with van der Waals surface area (Å²) in [5, 5.41) is 12.2. The van der Waals surface area contributed by atoms with Gasteiger partial charge < -0.3 is 20.7 Å². The number of halogens is 1. The SMILES string of the molecule is CC1(C)CCc2c(N)c(Cl)cc(C(=O)NC3CCN(CCC#N)CC3)c2O1. The van der Waals surface area contributed by atoms with Gasteiger partial charge >= 0.3 is 0 Å². The van der Waals surface area contributed by atoms with Crippen molar-refractivity contribution in [2.24, 2.45) is 0 Å². The molecule has 0 bridgehead atoms. The molecule has 2 aliphatic heterocycles. The predicted octanol–water partition coefficient (Wildman–Crippen LogP) is 3.13. The lowest BCUT2D eigenvalue weighted by atomic mass is 9.91. The third-order valence-corrected chi connectivity index (χ3v) is 5.75. The number of benzene rings is 1. The normalized spacial score (nSPS) is 19.6. The van der Waals surface area contributed by atoms with Crippen LogP contribution < -0.4 is 15.8 Å². The van der Waals surface area contributed by atoms with E-state index in [0.29, 0.717) is 28.4 Å². The second-order valence-corrected chi connectivity index (χ2v) is 8.39. The number of nitrogens with one attached hydrogen (secondary N) is 1. The summed E-state index contributed by atoms with van der Waals surface area (Å²) >= 11 is 6.28.